The lowest BCUT2D eigenvalue weighted by Gasteiger charge is -2.35. The second kappa shape index (κ2) is 7.50. The minimum Gasteiger partial charge on any atom is -0.354 e. The molecule has 2 rings (SSSR count). The van der Waals surface area contributed by atoms with Crippen molar-refractivity contribution < 1.29 is 4.79 Å². The van der Waals surface area contributed by atoms with Gasteiger partial charge in [0.05, 0.1) is 5.41 Å². The molecule has 0 aromatic rings. The molecule has 5 heteroatoms. The Morgan fingerprint density at radius 2 is 2.00 bits per heavy atom. The molecule has 1 amide bonds. The summed E-state index contributed by atoms with van der Waals surface area (Å²) in [4.78, 5) is 14.9. The van der Waals surface area contributed by atoms with Crippen molar-refractivity contribution >= 4 is 17.7 Å². The van der Waals surface area contributed by atoms with E-state index in [2.05, 4.69) is 22.5 Å². The Balaban J connectivity index is 1.73. The summed E-state index contributed by atoms with van der Waals surface area (Å²) in [6.07, 6.45) is 2.92. The van der Waals surface area contributed by atoms with Gasteiger partial charge in [-0.1, -0.05) is 6.92 Å². The number of carbonyl (C=O) groups is 1. The van der Waals surface area contributed by atoms with Crippen LogP contribution in [0, 0.1) is 5.41 Å². The molecular weight excluding hydrogens is 258 g/mol. The van der Waals surface area contributed by atoms with Crippen LogP contribution in [0.5, 0.6) is 0 Å². The van der Waals surface area contributed by atoms with Crippen LogP contribution in [0.3, 0.4) is 0 Å². The van der Waals surface area contributed by atoms with Gasteiger partial charge in [-0.05, 0) is 32.4 Å². The second-order valence-electron chi connectivity index (χ2n) is 5.59. The van der Waals surface area contributed by atoms with E-state index >= 15 is 0 Å². The van der Waals surface area contributed by atoms with Gasteiger partial charge in [-0.3, -0.25) is 9.69 Å². The number of hydrogen-bond acceptors (Lipinski definition) is 4. The molecule has 19 heavy (non-hydrogen) atoms. The Labute approximate surface area is 121 Å². The Bertz CT molecular complexity index is 286. The highest BCUT2D eigenvalue weighted by atomic mass is 32.2. The first-order chi connectivity index (χ1) is 9.27. The normalized spacial score (nSPS) is 24.1. The maximum absolute atomic E-state index is 12.4. The van der Waals surface area contributed by atoms with Gasteiger partial charge in [0, 0.05) is 37.7 Å². The molecule has 2 fully saturated rings. The standard InChI is InChI=1S/C14H27N3OS/c1-2-14(3-5-15-6-4-14)13(18)16-7-8-17-9-11-19-12-10-17/h15H,2-12H2,1H3,(H,16,18). The summed E-state index contributed by atoms with van der Waals surface area (Å²) in [5.74, 6) is 2.75. The average Bonchev–Trinajstić information content (AvgIpc) is 2.49. The van der Waals surface area contributed by atoms with Crippen molar-refractivity contribution in [2.75, 3.05) is 50.8 Å². The summed E-state index contributed by atoms with van der Waals surface area (Å²) in [7, 11) is 0. The van der Waals surface area contributed by atoms with Gasteiger partial charge in [-0.25, -0.2) is 0 Å². The first kappa shape index (κ1) is 15.1. The van der Waals surface area contributed by atoms with Crippen LogP contribution in [0.25, 0.3) is 0 Å². The van der Waals surface area contributed by atoms with Crippen LogP contribution in [0.2, 0.25) is 0 Å². The van der Waals surface area contributed by atoms with E-state index < -0.39 is 0 Å². The smallest absolute Gasteiger partial charge is 0.226 e. The van der Waals surface area contributed by atoms with E-state index in [4.69, 9.17) is 0 Å². The van der Waals surface area contributed by atoms with Crippen molar-refractivity contribution in [1.82, 2.24) is 15.5 Å². The zero-order valence-corrected chi connectivity index (χ0v) is 12.9. The highest BCUT2D eigenvalue weighted by molar-refractivity contribution is 7.99. The SMILES string of the molecule is CCC1(C(=O)NCCN2CCSCC2)CCNCC1. The molecule has 0 unspecified atom stereocenters. The Kier molecular flexibility index (Phi) is 5.98. The maximum Gasteiger partial charge on any atom is 0.226 e. The minimum atomic E-state index is -0.108. The van der Waals surface area contributed by atoms with E-state index in [0.717, 1.165) is 45.4 Å². The third-order valence-corrected chi connectivity index (χ3v) is 5.48. The van der Waals surface area contributed by atoms with E-state index in [1.54, 1.807) is 0 Å². The van der Waals surface area contributed by atoms with E-state index in [1.165, 1.54) is 24.6 Å². The average molecular weight is 285 g/mol. The molecule has 110 valence electrons. The maximum atomic E-state index is 12.4. The van der Waals surface area contributed by atoms with Crippen molar-refractivity contribution in [2.45, 2.75) is 26.2 Å². The fourth-order valence-corrected chi connectivity index (χ4v) is 3.97. The molecule has 2 aliphatic rings. The Morgan fingerprint density at radius 1 is 1.32 bits per heavy atom. The van der Waals surface area contributed by atoms with Gasteiger partial charge < -0.3 is 10.6 Å². The van der Waals surface area contributed by atoms with Crippen LogP contribution in [-0.4, -0.2) is 61.6 Å². The van der Waals surface area contributed by atoms with Crippen LogP contribution in [0.1, 0.15) is 26.2 Å². The fraction of sp³-hybridized carbons (Fsp3) is 0.929. The minimum absolute atomic E-state index is 0.108. The van der Waals surface area contributed by atoms with Crippen LogP contribution >= 0.6 is 11.8 Å². The van der Waals surface area contributed by atoms with Crippen molar-refractivity contribution in [3.8, 4) is 0 Å². The number of thioether (sulfide) groups is 1. The van der Waals surface area contributed by atoms with Crippen molar-refractivity contribution in [1.29, 1.82) is 0 Å². The molecule has 4 nitrogen and oxygen atoms in total. The lowest BCUT2D eigenvalue weighted by molar-refractivity contribution is -0.132. The Hall–Kier alpha value is -0.260. The summed E-state index contributed by atoms with van der Waals surface area (Å²) in [6.45, 7) is 8.25. The first-order valence-corrected chi connectivity index (χ1v) is 8.71. The number of carbonyl (C=O) groups excluding carboxylic acids is 1. The van der Waals surface area contributed by atoms with Crippen LogP contribution in [0.15, 0.2) is 0 Å². The highest BCUT2D eigenvalue weighted by Gasteiger charge is 2.37. The van der Waals surface area contributed by atoms with Gasteiger partial charge in [-0.2, -0.15) is 11.8 Å². The molecule has 0 radical (unpaired) electrons. The van der Waals surface area contributed by atoms with Crippen LogP contribution in [0.4, 0.5) is 0 Å². The van der Waals surface area contributed by atoms with Gasteiger partial charge in [0.25, 0.3) is 0 Å². The predicted molar refractivity (Wildman–Crippen MR) is 81.6 cm³/mol. The molecule has 2 heterocycles. The number of nitrogens with zero attached hydrogens (tertiary/aromatic N) is 1. The van der Waals surface area contributed by atoms with Crippen LogP contribution < -0.4 is 10.6 Å². The number of nitrogens with one attached hydrogen (secondary N) is 2. The topological polar surface area (TPSA) is 44.4 Å². The monoisotopic (exact) mass is 285 g/mol. The van der Waals surface area contributed by atoms with Crippen molar-refractivity contribution in [3.63, 3.8) is 0 Å². The van der Waals surface area contributed by atoms with E-state index in [0.29, 0.717) is 0 Å². The summed E-state index contributed by atoms with van der Waals surface area (Å²) in [6, 6.07) is 0. The van der Waals surface area contributed by atoms with Gasteiger partial charge >= 0.3 is 0 Å². The summed E-state index contributed by atoms with van der Waals surface area (Å²) in [5.41, 5.74) is -0.108. The van der Waals surface area contributed by atoms with Gasteiger partial charge in [0.2, 0.25) is 5.91 Å². The molecule has 0 aromatic carbocycles. The largest absolute Gasteiger partial charge is 0.354 e. The molecule has 0 atom stereocenters. The van der Waals surface area contributed by atoms with E-state index in [9.17, 15) is 4.79 Å². The third-order valence-electron chi connectivity index (χ3n) is 4.54. The van der Waals surface area contributed by atoms with Gasteiger partial charge in [-0.15, -0.1) is 0 Å². The van der Waals surface area contributed by atoms with Crippen LogP contribution in [-0.2, 0) is 4.79 Å². The lowest BCUT2D eigenvalue weighted by atomic mass is 9.76. The molecular formula is C14H27N3OS. The van der Waals surface area contributed by atoms with E-state index in [-0.39, 0.29) is 11.3 Å². The van der Waals surface area contributed by atoms with Gasteiger partial charge in [0.15, 0.2) is 0 Å². The predicted octanol–water partition coefficient (Wildman–Crippen LogP) is 0.931. The molecule has 0 saturated carbocycles. The van der Waals surface area contributed by atoms with Crippen molar-refractivity contribution in [3.05, 3.63) is 0 Å². The fourth-order valence-electron chi connectivity index (χ4n) is 2.99. The molecule has 0 spiro atoms. The molecule has 0 aromatic heterocycles. The quantitative estimate of drug-likeness (QED) is 0.789. The Morgan fingerprint density at radius 3 is 2.63 bits per heavy atom. The van der Waals surface area contributed by atoms with Gasteiger partial charge in [0.1, 0.15) is 0 Å². The zero-order valence-electron chi connectivity index (χ0n) is 12.0. The third kappa shape index (κ3) is 4.10. The molecule has 2 N–H and O–H groups in total. The number of hydrogen-bond donors (Lipinski definition) is 2. The number of amides is 1. The summed E-state index contributed by atoms with van der Waals surface area (Å²) >= 11 is 2.03. The first-order valence-electron chi connectivity index (χ1n) is 7.56. The number of rotatable bonds is 5. The molecule has 0 aliphatic carbocycles. The summed E-state index contributed by atoms with van der Waals surface area (Å²) in [5, 5.41) is 6.52. The molecule has 2 saturated heterocycles. The molecule has 0 bridgehead atoms. The molecule has 2 aliphatic heterocycles. The lowest BCUT2D eigenvalue weighted by Crippen LogP contribution is -2.49. The van der Waals surface area contributed by atoms with E-state index in [1.807, 2.05) is 11.8 Å². The second-order valence-corrected chi connectivity index (χ2v) is 6.82. The number of piperidine rings is 1. The van der Waals surface area contributed by atoms with Crippen molar-refractivity contribution in [2.24, 2.45) is 5.41 Å². The summed E-state index contributed by atoms with van der Waals surface area (Å²) < 4.78 is 0. The highest BCUT2D eigenvalue weighted by Crippen LogP contribution is 2.32. The zero-order chi connectivity index (χ0) is 13.6.